The van der Waals surface area contributed by atoms with Gasteiger partial charge in [-0.25, -0.2) is 0 Å². The molecule has 0 fully saturated rings. The summed E-state index contributed by atoms with van der Waals surface area (Å²) in [6.45, 7) is 10.1. The van der Waals surface area contributed by atoms with E-state index in [1.165, 1.54) is 24.8 Å². The highest BCUT2D eigenvalue weighted by molar-refractivity contribution is 5.79. The first-order valence-corrected chi connectivity index (χ1v) is 7.47. The van der Waals surface area contributed by atoms with Gasteiger partial charge in [-0.1, -0.05) is 31.8 Å². The zero-order chi connectivity index (χ0) is 15.0. The lowest BCUT2D eigenvalue weighted by Gasteiger charge is -2.16. The molecule has 0 bridgehead atoms. The maximum absolute atomic E-state index is 5.22. The van der Waals surface area contributed by atoms with E-state index in [-0.39, 0.29) is 0 Å². The number of unbranched alkanes of at least 4 members (excludes halogenated alkanes) is 2. The van der Waals surface area contributed by atoms with Crippen LogP contribution in [0.4, 0.5) is 0 Å². The Balaban J connectivity index is 2.41. The van der Waals surface area contributed by atoms with Gasteiger partial charge in [-0.05, 0) is 20.3 Å². The van der Waals surface area contributed by atoms with Crippen LogP contribution in [0.1, 0.15) is 56.0 Å². The van der Waals surface area contributed by atoms with Crippen LogP contribution >= 0.6 is 0 Å². The first kappa shape index (κ1) is 16.5. The summed E-state index contributed by atoms with van der Waals surface area (Å²) in [6.07, 6.45) is 3.66. The predicted octanol–water partition coefficient (Wildman–Crippen LogP) is 2.75. The van der Waals surface area contributed by atoms with Crippen molar-refractivity contribution in [2.45, 2.75) is 52.9 Å². The van der Waals surface area contributed by atoms with Gasteiger partial charge in [0.1, 0.15) is 5.76 Å². The molecule has 0 radical (unpaired) electrons. The largest absolute Gasteiger partial charge is 0.361 e. The van der Waals surface area contributed by atoms with Crippen LogP contribution in [-0.2, 0) is 0 Å². The molecule has 1 atom stereocenters. The summed E-state index contributed by atoms with van der Waals surface area (Å²) in [6, 6.07) is 0. The molecule has 1 unspecified atom stereocenters. The van der Waals surface area contributed by atoms with E-state index < -0.39 is 0 Å². The number of guanidine groups is 1. The second-order valence-corrected chi connectivity index (χ2v) is 5.23. The highest BCUT2D eigenvalue weighted by Gasteiger charge is 2.16. The van der Waals surface area contributed by atoms with Gasteiger partial charge in [0, 0.05) is 31.6 Å². The van der Waals surface area contributed by atoms with Crippen LogP contribution in [0.3, 0.4) is 0 Å². The van der Waals surface area contributed by atoms with Gasteiger partial charge >= 0.3 is 0 Å². The number of hydrogen-bond donors (Lipinski definition) is 2. The van der Waals surface area contributed by atoms with Gasteiger partial charge < -0.3 is 15.2 Å². The molecule has 0 aliphatic carbocycles. The predicted molar refractivity (Wildman–Crippen MR) is 83.3 cm³/mol. The van der Waals surface area contributed by atoms with E-state index in [0.29, 0.717) is 5.92 Å². The van der Waals surface area contributed by atoms with Gasteiger partial charge in [0.25, 0.3) is 0 Å². The fourth-order valence-corrected chi connectivity index (χ4v) is 2.35. The van der Waals surface area contributed by atoms with Crippen LogP contribution in [0.15, 0.2) is 9.52 Å². The lowest BCUT2D eigenvalue weighted by Crippen LogP contribution is -2.39. The van der Waals surface area contributed by atoms with E-state index >= 15 is 0 Å². The summed E-state index contributed by atoms with van der Waals surface area (Å²) >= 11 is 0. The molecule has 0 aliphatic heterocycles. The summed E-state index contributed by atoms with van der Waals surface area (Å²) in [5, 5.41) is 10.7. The van der Waals surface area contributed by atoms with Crippen molar-refractivity contribution >= 4 is 5.96 Å². The molecule has 0 spiro atoms. The molecular weight excluding hydrogens is 252 g/mol. The van der Waals surface area contributed by atoms with Gasteiger partial charge in [0.15, 0.2) is 5.96 Å². The van der Waals surface area contributed by atoms with Crippen LogP contribution in [0.2, 0.25) is 0 Å². The topological polar surface area (TPSA) is 62.5 Å². The smallest absolute Gasteiger partial charge is 0.190 e. The molecule has 1 rings (SSSR count). The molecule has 1 aromatic heterocycles. The van der Waals surface area contributed by atoms with Crippen molar-refractivity contribution < 1.29 is 4.52 Å². The Labute approximate surface area is 122 Å². The molecule has 5 nitrogen and oxygen atoms in total. The van der Waals surface area contributed by atoms with E-state index in [0.717, 1.165) is 30.5 Å². The molecule has 0 aliphatic rings. The maximum atomic E-state index is 5.22. The molecule has 0 amide bonds. The molecule has 1 heterocycles. The number of aromatic nitrogens is 1. The Bertz CT molecular complexity index is 406. The lowest BCUT2D eigenvalue weighted by molar-refractivity contribution is 0.391. The third-order valence-corrected chi connectivity index (χ3v) is 3.45. The summed E-state index contributed by atoms with van der Waals surface area (Å²) in [5.74, 6) is 2.11. The van der Waals surface area contributed by atoms with Crippen LogP contribution < -0.4 is 10.6 Å². The molecular formula is C15H28N4O. The van der Waals surface area contributed by atoms with Crippen LogP contribution in [0.5, 0.6) is 0 Å². The average Bonchev–Trinajstić information content (AvgIpc) is 2.77. The summed E-state index contributed by atoms with van der Waals surface area (Å²) in [5.41, 5.74) is 2.17. The molecule has 0 aromatic carbocycles. The van der Waals surface area contributed by atoms with E-state index in [2.05, 4.69) is 34.6 Å². The highest BCUT2D eigenvalue weighted by atomic mass is 16.5. The first-order valence-electron chi connectivity index (χ1n) is 7.47. The van der Waals surface area contributed by atoms with Crippen molar-refractivity contribution in [2.24, 2.45) is 4.99 Å². The first-order chi connectivity index (χ1) is 9.60. The second-order valence-electron chi connectivity index (χ2n) is 5.23. The van der Waals surface area contributed by atoms with E-state index in [1.807, 2.05) is 13.8 Å². The van der Waals surface area contributed by atoms with Crippen molar-refractivity contribution in [3.63, 3.8) is 0 Å². The van der Waals surface area contributed by atoms with Gasteiger partial charge in [-0.2, -0.15) is 0 Å². The molecule has 0 saturated carbocycles. The SMILES string of the molecule is CCCCCNC(=NC)NCC(C)c1c(C)noc1C. The zero-order valence-corrected chi connectivity index (χ0v) is 13.4. The molecule has 114 valence electrons. The van der Waals surface area contributed by atoms with Crippen LogP contribution in [-0.4, -0.2) is 31.3 Å². The van der Waals surface area contributed by atoms with Crippen molar-refractivity contribution in [1.82, 2.24) is 15.8 Å². The Morgan fingerprint density at radius 3 is 2.60 bits per heavy atom. The third kappa shape index (κ3) is 4.87. The van der Waals surface area contributed by atoms with E-state index in [9.17, 15) is 0 Å². The second kappa shape index (κ2) is 8.61. The molecule has 20 heavy (non-hydrogen) atoms. The number of rotatable bonds is 7. The number of aryl methyl sites for hydroxylation is 2. The van der Waals surface area contributed by atoms with E-state index in [4.69, 9.17) is 4.52 Å². The number of nitrogens with zero attached hydrogens (tertiary/aromatic N) is 2. The standard InChI is InChI=1S/C15H28N4O/c1-6-7-8-9-17-15(16-5)18-10-11(2)14-12(3)19-20-13(14)4/h11H,6-10H2,1-5H3,(H2,16,17,18). The zero-order valence-electron chi connectivity index (χ0n) is 13.4. The summed E-state index contributed by atoms with van der Waals surface area (Å²) in [7, 11) is 1.80. The van der Waals surface area contributed by atoms with Crippen molar-refractivity contribution in [3.8, 4) is 0 Å². The Hall–Kier alpha value is -1.52. The maximum Gasteiger partial charge on any atom is 0.190 e. The van der Waals surface area contributed by atoms with Gasteiger partial charge in [0.05, 0.1) is 5.69 Å². The van der Waals surface area contributed by atoms with Crippen LogP contribution in [0, 0.1) is 13.8 Å². The molecule has 1 aromatic rings. The van der Waals surface area contributed by atoms with Gasteiger partial charge in [-0.3, -0.25) is 4.99 Å². The van der Waals surface area contributed by atoms with Gasteiger partial charge in [0.2, 0.25) is 0 Å². The average molecular weight is 280 g/mol. The molecule has 5 heteroatoms. The minimum atomic E-state index is 0.343. The lowest BCUT2D eigenvalue weighted by atomic mass is 10.00. The Kier molecular flexibility index (Phi) is 7.12. The Morgan fingerprint density at radius 2 is 2.05 bits per heavy atom. The van der Waals surface area contributed by atoms with Gasteiger partial charge in [-0.15, -0.1) is 0 Å². The molecule has 0 saturated heterocycles. The fourth-order valence-electron chi connectivity index (χ4n) is 2.35. The Morgan fingerprint density at radius 1 is 1.30 bits per heavy atom. The third-order valence-electron chi connectivity index (χ3n) is 3.45. The minimum absolute atomic E-state index is 0.343. The fraction of sp³-hybridized carbons (Fsp3) is 0.733. The number of aliphatic imine (C=N–C) groups is 1. The molecule has 2 N–H and O–H groups in total. The highest BCUT2D eigenvalue weighted by Crippen LogP contribution is 2.22. The normalized spacial score (nSPS) is 13.3. The minimum Gasteiger partial charge on any atom is -0.361 e. The van der Waals surface area contributed by atoms with Crippen LogP contribution in [0.25, 0.3) is 0 Å². The van der Waals surface area contributed by atoms with Crippen molar-refractivity contribution in [2.75, 3.05) is 20.1 Å². The van der Waals surface area contributed by atoms with Crippen molar-refractivity contribution in [1.29, 1.82) is 0 Å². The van der Waals surface area contributed by atoms with Crippen molar-refractivity contribution in [3.05, 3.63) is 17.0 Å². The number of hydrogen-bond acceptors (Lipinski definition) is 3. The number of nitrogens with one attached hydrogen (secondary N) is 2. The quantitative estimate of drug-likeness (QED) is 0.458. The summed E-state index contributed by atoms with van der Waals surface area (Å²) < 4.78 is 5.22. The van der Waals surface area contributed by atoms with E-state index in [1.54, 1.807) is 7.05 Å². The summed E-state index contributed by atoms with van der Waals surface area (Å²) in [4.78, 5) is 4.24. The monoisotopic (exact) mass is 280 g/mol.